The smallest absolute Gasteiger partial charge is 0.260 e. The minimum atomic E-state index is -0.807. The molecule has 0 atom stereocenters. The second kappa shape index (κ2) is 5.88. The van der Waals surface area contributed by atoms with Crippen molar-refractivity contribution in [3.05, 3.63) is 53.1 Å². The lowest BCUT2D eigenvalue weighted by Gasteiger charge is -2.18. The molecule has 0 fully saturated rings. The van der Waals surface area contributed by atoms with Crippen LogP contribution in [0.2, 0.25) is 5.02 Å². The Morgan fingerprint density at radius 3 is 2.75 bits per heavy atom. The number of nitrogens with zero attached hydrogens (tertiary/aromatic N) is 2. The van der Waals surface area contributed by atoms with E-state index in [9.17, 15) is 9.18 Å². The van der Waals surface area contributed by atoms with Crippen molar-refractivity contribution in [1.29, 1.82) is 0 Å². The summed E-state index contributed by atoms with van der Waals surface area (Å²) in [5, 5.41) is 3.13. The number of benzene rings is 1. The number of carbonyl (C=O) groups is 1. The first-order chi connectivity index (χ1) is 9.49. The largest absolute Gasteiger partial charge is 0.376 e. The van der Waals surface area contributed by atoms with Gasteiger partial charge < -0.3 is 10.2 Å². The Labute approximate surface area is 121 Å². The fraction of sp³-hybridized carbons (Fsp3) is 0.143. The molecule has 2 aromatic rings. The molecule has 0 unspecified atom stereocenters. The van der Waals surface area contributed by atoms with Crippen molar-refractivity contribution in [3.63, 3.8) is 0 Å². The van der Waals surface area contributed by atoms with Crippen molar-refractivity contribution in [2.75, 3.05) is 24.3 Å². The van der Waals surface area contributed by atoms with Crippen LogP contribution in [-0.2, 0) is 0 Å². The number of anilines is 2. The molecule has 1 aromatic carbocycles. The minimum Gasteiger partial charge on any atom is -0.376 e. The molecule has 2 rings (SSSR count). The molecular weight excluding hydrogens is 281 g/mol. The van der Waals surface area contributed by atoms with Crippen molar-refractivity contribution in [2.24, 2.45) is 0 Å². The van der Waals surface area contributed by atoms with E-state index in [0.717, 1.165) is 5.69 Å². The third kappa shape index (κ3) is 3.05. The Kier molecular flexibility index (Phi) is 4.20. The molecule has 6 heteroatoms. The van der Waals surface area contributed by atoms with Gasteiger partial charge in [0, 0.05) is 25.3 Å². The number of hydrogen-bond acceptors (Lipinski definition) is 3. The summed E-state index contributed by atoms with van der Waals surface area (Å²) in [6, 6.07) is 7.98. The van der Waals surface area contributed by atoms with Crippen LogP contribution in [0.3, 0.4) is 0 Å². The number of hydrogen-bond donors (Lipinski definition) is 1. The zero-order valence-corrected chi connectivity index (χ0v) is 11.8. The van der Waals surface area contributed by atoms with Crippen LogP contribution in [0.4, 0.5) is 15.8 Å². The van der Waals surface area contributed by atoms with Gasteiger partial charge in [-0.05, 0) is 30.3 Å². The van der Waals surface area contributed by atoms with Crippen LogP contribution in [0.15, 0.2) is 36.5 Å². The molecule has 0 aliphatic rings. The van der Waals surface area contributed by atoms with E-state index in [4.69, 9.17) is 11.6 Å². The number of pyridine rings is 1. The van der Waals surface area contributed by atoms with Crippen LogP contribution in [0, 0.1) is 5.95 Å². The van der Waals surface area contributed by atoms with Gasteiger partial charge in [-0.25, -0.2) is 4.98 Å². The van der Waals surface area contributed by atoms with Gasteiger partial charge in [0.25, 0.3) is 5.91 Å². The van der Waals surface area contributed by atoms with Crippen LogP contribution in [-0.4, -0.2) is 25.0 Å². The Bertz CT molecular complexity index is 646. The maximum absolute atomic E-state index is 13.5. The Morgan fingerprint density at radius 1 is 1.35 bits per heavy atom. The highest BCUT2D eigenvalue weighted by molar-refractivity contribution is 6.31. The summed E-state index contributed by atoms with van der Waals surface area (Å²) in [5.41, 5.74) is 1.17. The molecule has 0 saturated carbocycles. The number of carbonyl (C=O) groups excluding carboxylic acids is 1. The van der Waals surface area contributed by atoms with Crippen LogP contribution >= 0.6 is 11.6 Å². The van der Waals surface area contributed by atoms with Crippen molar-refractivity contribution in [2.45, 2.75) is 0 Å². The first-order valence-corrected chi connectivity index (χ1v) is 6.25. The number of aromatic nitrogens is 1. The van der Waals surface area contributed by atoms with Gasteiger partial charge in [0.2, 0.25) is 5.95 Å². The number of nitrogens with one attached hydrogen (secondary N) is 1. The predicted molar refractivity (Wildman–Crippen MR) is 77.9 cm³/mol. The first-order valence-electron chi connectivity index (χ1n) is 5.88. The fourth-order valence-corrected chi connectivity index (χ4v) is 1.92. The van der Waals surface area contributed by atoms with Gasteiger partial charge in [-0.15, -0.1) is 0 Å². The Morgan fingerprint density at radius 2 is 2.10 bits per heavy atom. The zero-order valence-electron chi connectivity index (χ0n) is 11.0. The van der Waals surface area contributed by atoms with Gasteiger partial charge in [-0.3, -0.25) is 4.79 Å². The lowest BCUT2D eigenvalue weighted by molar-refractivity contribution is 0.102. The maximum Gasteiger partial charge on any atom is 0.260 e. The highest BCUT2D eigenvalue weighted by Crippen LogP contribution is 2.28. The lowest BCUT2D eigenvalue weighted by Crippen LogP contribution is -2.18. The molecule has 0 aliphatic carbocycles. The highest BCUT2D eigenvalue weighted by Gasteiger charge is 2.14. The Hall–Kier alpha value is -2.14. The van der Waals surface area contributed by atoms with Crippen LogP contribution in [0.25, 0.3) is 0 Å². The number of rotatable bonds is 3. The number of halogens is 2. The topological polar surface area (TPSA) is 45.2 Å². The van der Waals surface area contributed by atoms with Crippen LogP contribution in [0.1, 0.15) is 10.4 Å². The van der Waals surface area contributed by atoms with E-state index in [1.54, 1.807) is 18.2 Å². The van der Waals surface area contributed by atoms with Crippen LogP contribution in [0.5, 0.6) is 0 Å². The molecule has 0 saturated heterocycles. The standard InChI is InChI=1S/C14H13ClFN3O/c1-19(2)12-6-5-9(15)8-11(12)18-14(20)10-4-3-7-17-13(10)16/h3-8H,1-2H3,(H,18,20). The summed E-state index contributed by atoms with van der Waals surface area (Å²) in [4.78, 5) is 17.3. The van der Waals surface area contributed by atoms with Crippen molar-refractivity contribution >= 4 is 28.9 Å². The third-order valence-electron chi connectivity index (χ3n) is 2.69. The van der Waals surface area contributed by atoms with Crippen molar-refractivity contribution in [3.8, 4) is 0 Å². The van der Waals surface area contributed by atoms with E-state index in [2.05, 4.69) is 10.3 Å². The van der Waals surface area contributed by atoms with E-state index >= 15 is 0 Å². The van der Waals surface area contributed by atoms with Gasteiger partial charge in [0.15, 0.2) is 0 Å². The van der Waals surface area contributed by atoms with E-state index in [0.29, 0.717) is 10.7 Å². The van der Waals surface area contributed by atoms with E-state index in [1.807, 2.05) is 19.0 Å². The van der Waals surface area contributed by atoms with E-state index in [1.165, 1.54) is 18.3 Å². The van der Waals surface area contributed by atoms with Gasteiger partial charge in [-0.2, -0.15) is 4.39 Å². The lowest BCUT2D eigenvalue weighted by atomic mass is 10.2. The summed E-state index contributed by atoms with van der Waals surface area (Å²) in [6.07, 6.45) is 1.29. The van der Waals surface area contributed by atoms with Crippen LogP contribution < -0.4 is 10.2 Å². The van der Waals surface area contributed by atoms with Crippen molar-refractivity contribution < 1.29 is 9.18 Å². The minimum absolute atomic E-state index is 0.114. The third-order valence-corrected chi connectivity index (χ3v) is 2.93. The highest BCUT2D eigenvalue weighted by atomic mass is 35.5. The molecule has 1 aromatic heterocycles. The maximum atomic E-state index is 13.5. The first kappa shape index (κ1) is 14.3. The average Bonchev–Trinajstić information content (AvgIpc) is 2.38. The van der Waals surface area contributed by atoms with Gasteiger partial charge in [-0.1, -0.05) is 11.6 Å². The quantitative estimate of drug-likeness (QED) is 0.884. The zero-order chi connectivity index (χ0) is 14.7. The predicted octanol–water partition coefficient (Wildman–Crippen LogP) is 3.19. The summed E-state index contributed by atoms with van der Waals surface area (Å²) < 4.78 is 13.5. The molecule has 1 amide bonds. The monoisotopic (exact) mass is 293 g/mol. The summed E-state index contributed by atoms with van der Waals surface area (Å²) in [6.45, 7) is 0. The van der Waals surface area contributed by atoms with Gasteiger partial charge >= 0.3 is 0 Å². The van der Waals surface area contributed by atoms with E-state index < -0.39 is 11.9 Å². The normalized spacial score (nSPS) is 10.2. The molecule has 4 nitrogen and oxygen atoms in total. The molecule has 0 radical (unpaired) electrons. The summed E-state index contributed by atoms with van der Waals surface area (Å²) in [7, 11) is 3.67. The fourth-order valence-electron chi connectivity index (χ4n) is 1.74. The molecule has 0 aliphatic heterocycles. The molecule has 0 spiro atoms. The molecule has 1 N–H and O–H groups in total. The molecule has 0 bridgehead atoms. The number of amides is 1. The molecular formula is C14H13ClFN3O. The Balaban J connectivity index is 2.33. The van der Waals surface area contributed by atoms with Gasteiger partial charge in [0.05, 0.1) is 16.9 Å². The molecule has 20 heavy (non-hydrogen) atoms. The average molecular weight is 294 g/mol. The molecule has 1 heterocycles. The van der Waals surface area contributed by atoms with Gasteiger partial charge in [0.1, 0.15) is 0 Å². The second-order valence-corrected chi connectivity index (χ2v) is 4.79. The SMILES string of the molecule is CN(C)c1ccc(Cl)cc1NC(=O)c1cccnc1F. The summed E-state index contributed by atoms with van der Waals surface area (Å²) >= 11 is 5.93. The molecule has 104 valence electrons. The summed E-state index contributed by atoms with van der Waals surface area (Å²) in [5.74, 6) is -1.38. The van der Waals surface area contributed by atoms with Crippen molar-refractivity contribution in [1.82, 2.24) is 4.98 Å². The second-order valence-electron chi connectivity index (χ2n) is 4.35. The van der Waals surface area contributed by atoms with E-state index in [-0.39, 0.29) is 5.56 Å².